The molecular weight excluding hydrogens is 493 g/mol. The van der Waals surface area contributed by atoms with Crippen LogP contribution >= 0.6 is 30.2 Å². The van der Waals surface area contributed by atoms with Crippen LogP contribution in [0.15, 0.2) is 42.5 Å². The SMILES string of the molecule is CC1(C)OB(c2cc3c(s2)c2sc(B4OC(C)(C)C(C)(C)O4)cc2p3-c2ccccc2)OC1(C)C. The molecule has 4 aromatic rings. The number of fused-ring (bicyclic) bond motifs is 3. The van der Waals surface area contributed by atoms with E-state index in [4.69, 9.17) is 18.6 Å². The quantitative estimate of drug-likeness (QED) is 0.280. The molecule has 3 aromatic heterocycles. The van der Waals surface area contributed by atoms with Gasteiger partial charge in [-0.3, -0.25) is 0 Å². The van der Waals surface area contributed by atoms with Gasteiger partial charge in [-0.1, -0.05) is 37.9 Å². The van der Waals surface area contributed by atoms with E-state index >= 15 is 0 Å². The number of thiophene rings is 2. The first-order valence-electron chi connectivity index (χ1n) is 12.1. The fourth-order valence-electron chi connectivity index (χ4n) is 4.59. The van der Waals surface area contributed by atoms with E-state index in [0.717, 1.165) is 9.55 Å². The molecule has 2 aliphatic rings. The van der Waals surface area contributed by atoms with Gasteiger partial charge in [0.05, 0.1) is 31.8 Å². The standard InChI is InChI=1S/C26H31B2O4PS2/c1-23(2)24(3,4)30-27(29-23)19-14-17-21(34-19)22-18(33(17)16-12-10-9-11-13-16)15-20(35-22)28-31-25(5,6)26(7,8)32-28/h9-15H,1-8H3. The Bertz CT molecular complexity index is 1310. The van der Waals surface area contributed by atoms with Crippen LogP contribution in [0.5, 0.6) is 0 Å². The zero-order chi connectivity index (χ0) is 25.0. The second kappa shape index (κ2) is 7.70. The third kappa shape index (κ3) is 3.64. The Morgan fingerprint density at radius 2 is 0.971 bits per heavy atom. The molecule has 0 bridgehead atoms. The first kappa shape index (κ1) is 24.2. The van der Waals surface area contributed by atoms with Crippen molar-refractivity contribution in [3.8, 4) is 5.30 Å². The van der Waals surface area contributed by atoms with Crippen LogP contribution in [-0.4, -0.2) is 36.6 Å². The molecule has 0 saturated carbocycles. The van der Waals surface area contributed by atoms with Gasteiger partial charge >= 0.3 is 14.2 Å². The lowest BCUT2D eigenvalue weighted by molar-refractivity contribution is 0.00578. The molecule has 0 radical (unpaired) electrons. The Kier molecular flexibility index (Phi) is 5.34. The summed E-state index contributed by atoms with van der Waals surface area (Å²) in [6.07, 6.45) is 0. The monoisotopic (exact) mass is 524 g/mol. The molecule has 2 aliphatic heterocycles. The molecule has 6 rings (SSSR count). The van der Waals surface area contributed by atoms with Crippen LogP contribution in [0.25, 0.3) is 24.9 Å². The van der Waals surface area contributed by atoms with Crippen molar-refractivity contribution in [2.24, 2.45) is 0 Å². The summed E-state index contributed by atoms with van der Waals surface area (Å²) in [5.41, 5.74) is -1.41. The number of rotatable bonds is 3. The van der Waals surface area contributed by atoms with Crippen LogP contribution in [-0.2, 0) is 18.6 Å². The largest absolute Gasteiger partial charge is 0.505 e. The van der Waals surface area contributed by atoms with Crippen molar-refractivity contribution in [3.63, 3.8) is 0 Å². The van der Waals surface area contributed by atoms with Gasteiger partial charge in [-0.15, -0.1) is 22.7 Å². The van der Waals surface area contributed by atoms with Crippen molar-refractivity contribution in [1.82, 2.24) is 0 Å². The summed E-state index contributed by atoms with van der Waals surface area (Å²) in [4.78, 5) is 0. The summed E-state index contributed by atoms with van der Waals surface area (Å²) in [7, 11) is -1.33. The predicted octanol–water partition coefficient (Wildman–Crippen LogP) is 6.69. The first-order chi connectivity index (χ1) is 16.3. The van der Waals surface area contributed by atoms with Gasteiger partial charge in [-0.2, -0.15) is 0 Å². The Balaban J connectivity index is 1.50. The van der Waals surface area contributed by atoms with E-state index in [-0.39, 0.29) is 36.6 Å². The lowest BCUT2D eigenvalue weighted by atomic mass is 9.88. The highest BCUT2D eigenvalue weighted by Crippen LogP contribution is 2.57. The molecule has 182 valence electrons. The van der Waals surface area contributed by atoms with Gasteiger partial charge in [0.15, 0.2) is 0 Å². The molecule has 4 nitrogen and oxygen atoms in total. The number of hydrogen-bond donors (Lipinski definition) is 0. The Hall–Kier alpha value is -1.11. The summed E-state index contributed by atoms with van der Waals surface area (Å²) in [5, 5.41) is 4.17. The van der Waals surface area contributed by atoms with Crippen molar-refractivity contribution in [2.75, 3.05) is 0 Å². The Morgan fingerprint density at radius 1 is 0.600 bits per heavy atom. The number of benzene rings is 1. The fraction of sp³-hybridized carbons (Fsp3) is 0.462. The molecule has 2 saturated heterocycles. The molecule has 5 heterocycles. The molecule has 35 heavy (non-hydrogen) atoms. The van der Waals surface area contributed by atoms with Crippen molar-refractivity contribution in [3.05, 3.63) is 42.5 Å². The van der Waals surface area contributed by atoms with Crippen LogP contribution < -0.4 is 9.55 Å². The first-order valence-corrected chi connectivity index (χ1v) is 15.1. The molecule has 0 atom stereocenters. The predicted molar refractivity (Wildman–Crippen MR) is 153 cm³/mol. The maximum atomic E-state index is 6.41. The minimum Gasteiger partial charge on any atom is -0.399 e. The molecule has 0 N–H and O–H groups in total. The van der Waals surface area contributed by atoms with Crippen molar-refractivity contribution >= 4 is 73.6 Å². The normalized spacial score (nSPS) is 22.6. The van der Waals surface area contributed by atoms with Gasteiger partial charge < -0.3 is 18.6 Å². The zero-order valence-corrected chi connectivity index (χ0v) is 24.1. The Morgan fingerprint density at radius 3 is 1.34 bits per heavy atom. The van der Waals surface area contributed by atoms with Crippen molar-refractivity contribution in [1.29, 1.82) is 0 Å². The van der Waals surface area contributed by atoms with Gasteiger partial charge in [0.2, 0.25) is 0 Å². The van der Waals surface area contributed by atoms with Gasteiger partial charge in [-0.05, 0) is 72.8 Å². The van der Waals surface area contributed by atoms with Crippen molar-refractivity contribution < 1.29 is 18.6 Å². The van der Waals surface area contributed by atoms with E-state index in [1.54, 1.807) is 0 Å². The second-order valence-corrected chi connectivity index (χ2v) is 15.9. The van der Waals surface area contributed by atoms with E-state index in [9.17, 15) is 0 Å². The lowest BCUT2D eigenvalue weighted by Crippen LogP contribution is -2.41. The van der Waals surface area contributed by atoms with Crippen LogP contribution in [0.2, 0.25) is 0 Å². The summed E-state index contributed by atoms with van der Waals surface area (Å²) in [6, 6.07) is 15.5. The van der Waals surface area contributed by atoms with Gasteiger partial charge in [-0.25, -0.2) is 0 Å². The summed E-state index contributed by atoms with van der Waals surface area (Å²) >= 11 is 3.62. The van der Waals surface area contributed by atoms with E-state index in [2.05, 4.69) is 97.9 Å². The molecule has 0 aliphatic carbocycles. The molecular formula is C26H31B2O4PS2. The van der Waals surface area contributed by atoms with Gasteiger partial charge in [0, 0.05) is 19.8 Å². The average Bonchev–Trinajstić information content (AvgIpc) is 3.50. The molecule has 0 amide bonds. The van der Waals surface area contributed by atoms with E-state index < -0.39 is 7.53 Å². The average molecular weight is 524 g/mol. The van der Waals surface area contributed by atoms with E-state index in [1.807, 2.05) is 22.7 Å². The van der Waals surface area contributed by atoms with E-state index in [0.29, 0.717) is 0 Å². The highest BCUT2D eigenvalue weighted by molar-refractivity contribution is 7.70. The molecule has 9 heteroatoms. The van der Waals surface area contributed by atoms with Crippen LogP contribution in [0.4, 0.5) is 0 Å². The van der Waals surface area contributed by atoms with E-state index in [1.165, 1.54) is 24.9 Å². The highest BCUT2D eigenvalue weighted by atomic mass is 32.1. The van der Waals surface area contributed by atoms with Crippen LogP contribution in [0.3, 0.4) is 0 Å². The minimum absolute atomic E-state index is 0.339. The minimum atomic E-state index is -0.656. The smallest absolute Gasteiger partial charge is 0.399 e. The van der Waals surface area contributed by atoms with Crippen LogP contribution in [0.1, 0.15) is 55.4 Å². The molecule has 0 spiro atoms. The van der Waals surface area contributed by atoms with Gasteiger partial charge in [0.1, 0.15) is 0 Å². The van der Waals surface area contributed by atoms with Crippen molar-refractivity contribution in [2.45, 2.75) is 77.8 Å². The summed E-state index contributed by atoms with van der Waals surface area (Å²) < 4.78 is 30.6. The maximum Gasteiger partial charge on any atom is 0.505 e. The number of hydrogen-bond acceptors (Lipinski definition) is 6. The third-order valence-corrected chi connectivity index (χ3v) is 13.4. The summed E-state index contributed by atoms with van der Waals surface area (Å²) in [6.45, 7) is 16.9. The van der Waals surface area contributed by atoms with Crippen LogP contribution in [0, 0.1) is 0 Å². The molecule has 0 unspecified atom stereocenters. The third-order valence-electron chi connectivity index (χ3n) is 8.14. The fourth-order valence-corrected chi connectivity index (χ4v) is 10.4. The molecule has 2 fully saturated rings. The lowest BCUT2D eigenvalue weighted by Gasteiger charge is -2.32. The zero-order valence-electron chi connectivity index (χ0n) is 21.6. The van der Waals surface area contributed by atoms with Gasteiger partial charge in [0.25, 0.3) is 0 Å². The Labute approximate surface area is 217 Å². The topological polar surface area (TPSA) is 36.9 Å². The second-order valence-electron chi connectivity index (χ2n) is 11.6. The highest BCUT2D eigenvalue weighted by Gasteiger charge is 2.53. The summed E-state index contributed by atoms with van der Waals surface area (Å²) in [5.74, 6) is 0. The molecule has 1 aromatic carbocycles. The maximum absolute atomic E-state index is 6.41.